The summed E-state index contributed by atoms with van der Waals surface area (Å²) in [7, 11) is 0. The van der Waals surface area contributed by atoms with Crippen LogP contribution in [0.25, 0.3) is 11.0 Å². The van der Waals surface area contributed by atoms with Gasteiger partial charge in [-0.1, -0.05) is 6.08 Å². The maximum Gasteiger partial charge on any atom is 0.336 e. The highest BCUT2D eigenvalue weighted by molar-refractivity contribution is 5.89. The van der Waals surface area contributed by atoms with Crippen LogP contribution < -0.4 is 10.4 Å². The molecule has 7 nitrogen and oxygen atoms in total. The third-order valence-corrected chi connectivity index (χ3v) is 4.69. The van der Waals surface area contributed by atoms with Crippen molar-refractivity contribution in [2.75, 3.05) is 0 Å². The molecule has 3 rings (SSSR count). The molecule has 1 aliphatic heterocycles. The minimum absolute atomic E-state index is 0.230. The topological polar surface area (TPSA) is 92.0 Å². The highest BCUT2D eigenvalue weighted by Gasteiger charge is 2.49. The Morgan fingerprint density at radius 2 is 1.79 bits per heavy atom. The predicted molar refractivity (Wildman–Crippen MR) is 101 cm³/mol. The van der Waals surface area contributed by atoms with E-state index in [2.05, 4.69) is 0 Å². The van der Waals surface area contributed by atoms with E-state index in [0.717, 1.165) is 0 Å². The van der Waals surface area contributed by atoms with Gasteiger partial charge in [0, 0.05) is 23.9 Å². The van der Waals surface area contributed by atoms with Crippen LogP contribution in [0.5, 0.6) is 5.75 Å². The van der Waals surface area contributed by atoms with E-state index in [1.54, 1.807) is 52.0 Å². The maximum absolute atomic E-state index is 12.5. The molecule has 0 bridgehead atoms. The van der Waals surface area contributed by atoms with Crippen molar-refractivity contribution in [1.82, 2.24) is 0 Å². The van der Waals surface area contributed by atoms with E-state index in [1.807, 2.05) is 0 Å². The van der Waals surface area contributed by atoms with E-state index in [9.17, 15) is 14.4 Å². The lowest BCUT2D eigenvalue weighted by atomic mass is 9.87. The first-order valence-corrected chi connectivity index (χ1v) is 8.91. The van der Waals surface area contributed by atoms with Crippen LogP contribution in [-0.4, -0.2) is 23.6 Å². The summed E-state index contributed by atoms with van der Waals surface area (Å²) in [5, 5.41) is 0.632. The van der Waals surface area contributed by atoms with Gasteiger partial charge in [-0.25, -0.2) is 9.59 Å². The minimum atomic E-state index is -1.01. The molecular formula is C21H22O7. The smallest absolute Gasteiger partial charge is 0.336 e. The molecule has 0 N–H and O–H groups in total. The quantitative estimate of drug-likeness (QED) is 0.453. The van der Waals surface area contributed by atoms with Gasteiger partial charge >= 0.3 is 17.6 Å². The molecule has 2 aromatic rings. The van der Waals surface area contributed by atoms with Crippen LogP contribution in [0.2, 0.25) is 0 Å². The summed E-state index contributed by atoms with van der Waals surface area (Å²) in [6, 6.07) is 6.37. The van der Waals surface area contributed by atoms with Gasteiger partial charge in [-0.05, 0) is 45.9 Å². The van der Waals surface area contributed by atoms with Crippen molar-refractivity contribution in [2.45, 2.75) is 52.4 Å². The molecule has 28 heavy (non-hydrogen) atoms. The first-order valence-electron chi connectivity index (χ1n) is 8.91. The average molecular weight is 386 g/mol. The Balaban J connectivity index is 2.25. The van der Waals surface area contributed by atoms with E-state index >= 15 is 0 Å². The number of hydrogen-bond donors (Lipinski definition) is 0. The monoisotopic (exact) mass is 386 g/mol. The lowest BCUT2D eigenvalue weighted by Crippen LogP contribution is -2.52. The van der Waals surface area contributed by atoms with Crippen molar-refractivity contribution in [3.8, 4) is 5.75 Å². The molecule has 0 unspecified atom stereocenters. The molecule has 2 heterocycles. The van der Waals surface area contributed by atoms with Crippen LogP contribution in [0.3, 0.4) is 0 Å². The summed E-state index contributed by atoms with van der Waals surface area (Å²) in [6.07, 6.45) is -0.334. The van der Waals surface area contributed by atoms with Crippen LogP contribution in [0.1, 0.15) is 46.3 Å². The molecule has 0 saturated heterocycles. The van der Waals surface area contributed by atoms with Gasteiger partial charge in [-0.15, -0.1) is 0 Å². The number of fused-ring (bicyclic) bond motifs is 3. The first-order chi connectivity index (χ1) is 13.1. The fraction of sp³-hybridized carbons (Fsp3) is 0.381. The van der Waals surface area contributed by atoms with Crippen molar-refractivity contribution in [3.05, 3.63) is 51.9 Å². The van der Waals surface area contributed by atoms with Crippen molar-refractivity contribution >= 4 is 22.9 Å². The number of allylic oxidation sites excluding steroid dienone is 1. The van der Waals surface area contributed by atoms with Crippen molar-refractivity contribution in [3.63, 3.8) is 0 Å². The fourth-order valence-electron chi connectivity index (χ4n) is 3.18. The number of carbonyl (C=O) groups excluding carboxylic acids is 2. The Morgan fingerprint density at radius 1 is 1.11 bits per heavy atom. The average Bonchev–Trinajstić information content (AvgIpc) is 2.62. The standard InChI is InChI=1S/C21H22O7/c1-6-11(2)20(24)27-18-16-14(28-21(4,5)19(18)25-12(3)22)9-7-13-8-10-15(23)26-17(13)16/h6-10,18-19H,1-5H3/b11-6-/t18-,19+/m0/s1. The lowest BCUT2D eigenvalue weighted by molar-refractivity contribution is -0.186. The van der Waals surface area contributed by atoms with Gasteiger partial charge in [0.2, 0.25) is 0 Å². The predicted octanol–water partition coefficient (Wildman–Crippen LogP) is 3.45. The van der Waals surface area contributed by atoms with E-state index < -0.39 is 35.4 Å². The molecule has 7 heteroatoms. The van der Waals surface area contributed by atoms with Gasteiger partial charge < -0.3 is 18.6 Å². The number of esters is 2. The Hall–Kier alpha value is -3.09. The Kier molecular flexibility index (Phi) is 5.02. The Morgan fingerprint density at radius 3 is 2.43 bits per heavy atom. The number of hydrogen-bond acceptors (Lipinski definition) is 7. The molecule has 1 aromatic carbocycles. The summed E-state index contributed by atoms with van der Waals surface area (Å²) in [5.41, 5.74) is -0.555. The van der Waals surface area contributed by atoms with Gasteiger partial charge in [0.1, 0.15) is 16.9 Å². The first kappa shape index (κ1) is 19.7. The molecule has 1 aliphatic rings. The molecular weight excluding hydrogens is 364 g/mol. The summed E-state index contributed by atoms with van der Waals surface area (Å²) in [5.74, 6) is -0.717. The van der Waals surface area contributed by atoms with Crippen molar-refractivity contribution in [2.24, 2.45) is 0 Å². The van der Waals surface area contributed by atoms with Gasteiger partial charge in [0.25, 0.3) is 0 Å². The van der Waals surface area contributed by atoms with E-state index in [0.29, 0.717) is 22.3 Å². The minimum Gasteiger partial charge on any atom is -0.483 e. The van der Waals surface area contributed by atoms with Crippen molar-refractivity contribution in [1.29, 1.82) is 0 Å². The fourth-order valence-corrected chi connectivity index (χ4v) is 3.18. The lowest BCUT2D eigenvalue weighted by Gasteiger charge is -2.43. The zero-order valence-electron chi connectivity index (χ0n) is 16.4. The number of carbonyl (C=O) groups is 2. The molecule has 0 radical (unpaired) electrons. The van der Waals surface area contributed by atoms with E-state index in [1.165, 1.54) is 13.0 Å². The molecule has 0 saturated carbocycles. The van der Waals surface area contributed by atoms with E-state index in [4.69, 9.17) is 18.6 Å². The highest BCUT2D eigenvalue weighted by Crippen LogP contribution is 2.46. The summed E-state index contributed by atoms with van der Waals surface area (Å²) < 4.78 is 22.7. The van der Waals surface area contributed by atoms with Gasteiger partial charge in [-0.2, -0.15) is 0 Å². The summed E-state index contributed by atoms with van der Waals surface area (Å²) in [4.78, 5) is 36.1. The molecule has 1 aromatic heterocycles. The second-order valence-corrected chi connectivity index (χ2v) is 7.18. The zero-order chi connectivity index (χ0) is 20.6. The summed E-state index contributed by atoms with van der Waals surface area (Å²) in [6.45, 7) is 8.08. The molecule has 0 fully saturated rings. The van der Waals surface area contributed by atoms with Gasteiger partial charge in [-0.3, -0.25) is 4.79 Å². The normalized spacial score (nSPS) is 20.8. The van der Waals surface area contributed by atoms with Crippen LogP contribution in [-0.2, 0) is 19.1 Å². The highest BCUT2D eigenvalue weighted by atomic mass is 16.6. The molecule has 148 valence electrons. The van der Waals surface area contributed by atoms with Crippen molar-refractivity contribution < 1.29 is 28.2 Å². The van der Waals surface area contributed by atoms with Crippen LogP contribution in [0, 0.1) is 0 Å². The Labute approximate surface area is 161 Å². The second-order valence-electron chi connectivity index (χ2n) is 7.18. The maximum atomic E-state index is 12.5. The van der Waals surface area contributed by atoms with E-state index in [-0.39, 0.29) is 5.58 Å². The Bertz CT molecular complexity index is 1030. The largest absolute Gasteiger partial charge is 0.483 e. The number of rotatable bonds is 3. The van der Waals surface area contributed by atoms with Crippen LogP contribution in [0.4, 0.5) is 0 Å². The molecule has 0 aliphatic carbocycles. The van der Waals surface area contributed by atoms with Gasteiger partial charge in [0.15, 0.2) is 12.2 Å². The SMILES string of the molecule is C/C=C(/C)C(=O)O[C@H]1c2c(ccc3ccc(=O)oc23)OC(C)(C)[C@@H]1OC(C)=O. The summed E-state index contributed by atoms with van der Waals surface area (Å²) >= 11 is 0. The van der Waals surface area contributed by atoms with Gasteiger partial charge in [0.05, 0.1) is 5.56 Å². The zero-order valence-corrected chi connectivity index (χ0v) is 16.4. The number of benzene rings is 1. The third kappa shape index (κ3) is 3.52. The molecule has 2 atom stereocenters. The number of ether oxygens (including phenoxy) is 3. The molecule has 0 amide bonds. The third-order valence-electron chi connectivity index (χ3n) is 4.69. The molecule has 0 spiro atoms. The second kappa shape index (κ2) is 7.14. The van der Waals surface area contributed by atoms with Crippen LogP contribution in [0.15, 0.2) is 45.1 Å². The van der Waals surface area contributed by atoms with Crippen LogP contribution >= 0.6 is 0 Å².